The van der Waals surface area contributed by atoms with Crippen molar-refractivity contribution < 1.29 is 0 Å². The third kappa shape index (κ3) is 3.89. The molecule has 0 radical (unpaired) electrons. The summed E-state index contributed by atoms with van der Waals surface area (Å²) in [4.78, 5) is 20.8. The molecule has 4 heterocycles. The molecule has 0 aliphatic carbocycles. The maximum absolute atomic E-state index is 4.77. The molecule has 1 aromatic carbocycles. The van der Waals surface area contributed by atoms with Gasteiger partial charge in [0, 0.05) is 26.0 Å². The number of benzene rings is 1. The highest BCUT2D eigenvalue weighted by Crippen LogP contribution is 2.32. The van der Waals surface area contributed by atoms with E-state index < -0.39 is 0 Å². The predicted molar refractivity (Wildman–Crippen MR) is 128 cm³/mol. The molecular weight excluding hydrogens is 400 g/mol. The van der Waals surface area contributed by atoms with E-state index in [0.29, 0.717) is 17.6 Å². The standard InChI is InChI=1S/C24H28N8/c1-25-24-23(19-12-26-13-20-22(19)28-15-32(20)3)27-14-21(30-24)29-18-6-4-5-17(11-18)16-7-9-31(2)10-8-16/h4-6,11-16H,7-10H2,1-3H3,(H2,25,29,30). The number of hydrogen-bond acceptors (Lipinski definition) is 7. The second kappa shape index (κ2) is 8.55. The number of piperidine rings is 1. The molecule has 8 heteroatoms. The van der Waals surface area contributed by atoms with E-state index >= 15 is 0 Å². The van der Waals surface area contributed by atoms with Crippen molar-refractivity contribution in [3.8, 4) is 11.3 Å². The molecule has 1 aliphatic rings. The lowest BCUT2D eigenvalue weighted by molar-refractivity contribution is 0.255. The van der Waals surface area contributed by atoms with Crippen LogP contribution >= 0.6 is 0 Å². The Balaban J connectivity index is 1.42. The minimum Gasteiger partial charge on any atom is -0.371 e. The maximum Gasteiger partial charge on any atom is 0.154 e. The first-order valence-corrected chi connectivity index (χ1v) is 11.0. The Bertz CT molecular complexity index is 1240. The van der Waals surface area contributed by atoms with Crippen molar-refractivity contribution in [3.05, 3.63) is 54.7 Å². The highest BCUT2D eigenvalue weighted by molar-refractivity contribution is 5.93. The molecule has 1 saturated heterocycles. The Hall–Kier alpha value is -3.52. The molecule has 3 aromatic heterocycles. The Kier molecular flexibility index (Phi) is 5.45. The number of anilines is 3. The van der Waals surface area contributed by atoms with Crippen LogP contribution in [0.5, 0.6) is 0 Å². The van der Waals surface area contributed by atoms with Crippen LogP contribution in [0.2, 0.25) is 0 Å². The van der Waals surface area contributed by atoms with E-state index in [9.17, 15) is 0 Å². The molecule has 164 valence electrons. The molecule has 8 nitrogen and oxygen atoms in total. The average Bonchev–Trinajstić information content (AvgIpc) is 3.21. The zero-order chi connectivity index (χ0) is 22.1. The van der Waals surface area contributed by atoms with E-state index in [1.165, 1.54) is 18.4 Å². The normalized spacial score (nSPS) is 15.2. The van der Waals surface area contributed by atoms with Gasteiger partial charge < -0.3 is 20.1 Å². The third-order valence-corrected chi connectivity index (χ3v) is 6.25. The summed E-state index contributed by atoms with van der Waals surface area (Å²) in [5, 5.41) is 6.61. The first-order chi connectivity index (χ1) is 15.6. The van der Waals surface area contributed by atoms with Gasteiger partial charge in [-0.1, -0.05) is 12.1 Å². The minimum atomic E-state index is 0.612. The van der Waals surface area contributed by atoms with Gasteiger partial charge in [-0.25, -0.2) is 15.0 Å². The van der Waals surface area contributed by atoms with E-state index in [1.54, 1.807) is 18.7 Å². The fourth-order valence-electron chi connectivity index (χ4n) is 4.40. The smallest absolute Gasteiger partial charge is 0.154 e. The van der Waals surface area contributed by atoms with Gasteiger partial charge in [0.2, 0.25) is 0 Å². The van der Waals surface area contributed by atoms with Gasteiger partial charge in [-0.2, -0.15) is 0 Å². The average molecular weight is 429 g/mol. The van der Waals surface area contributed by atoms with Gasteiger partial charge in [0.25, 0.3) is 0 Å². The summed E-state index contributed by atoms with van der Waals surface area (Å²) in [6.07, 6.45) is 9.55. The van der Waals surface area contributed by atoms with E-state index in [4.69, 9.17) is 9.97 Å². The van der Waals surface area contributed by atoms with Crippen molar-refractivity contribution in [1.29, 1.82) is 0 Å². The molecule has 0 bridgehead atoms. The second-order valence-electron chi connectivity index (χ2n) is 8.44. The number of aromatic nitrogens is 5. The monoisotopic (exact) mass is 428 g/mol. The Labute approximate surface area is 187 Å². The number of nitrogens with zero attached hydrogens (tertiary/aromatic N) is 6. The first kappa shape index (κ1) is 20.4. The molecule has 1 aliphatic heterocycles. The van der Waals surface area contributed by atoms with Gasteiger partial charge in [0.1, 0.15) is 11.2 Å². The number of imidazole rings is 1. The van der Waals surface area contributed by atoms with Crippen LogP contribution in [0.1, 0.15) is 24.3 Å². The van der Waals surface area contributed by atoms with E-state index in [2.05, 4.69) is 56.8 Å². The van der Waals surface area contributed by atoms with Gasteiger partial charge in [-0.05, 0) is 56.6 Å². The van der Waals surface area contributed by atoms with Crippen LogP contribution in [0, 0.1) is 0 Å². The zero-order valence-electron chi connectivity index (χ0n) is 18.7. The second-order valence-corrected chi connectivity index (χ2v) is 8.44. The van der Waals surface area contributed by atoms with Crippen molar-refractivity contribution >= 4 is 28.4 Å². The Morgan fingerprint density at radius 1 is 1.03 bits per heavy atom. The van der Waals surface area contributed by atoms with Crippen LogP contribution < -0.4 is 10.6 Å². The molecule has 0 saturated carbocycles. The highest BCUT2D eigenvalue weighted by Gasteiger charge is 2.19. The number of rotatable bonds is 5. The summed E-state index contributed by atoms with van der Waals surface area (Å²) >= 11 is 0. The molecule has 5 rings (SSSR count). The van der Waals surface area contributed by atoms with Gasteiger partial charge in [-0.3, -0.25) is 4.98 Å². The molecule has 32 heavy (non-hydrogen) atoms. The molecule has 2 N–H and O–H groups in total. The fourth-order valence-corrected chi connectivity index (χ4v) is 4.40. The van der Waals surface area contributed by atoms with Crippen molar-refractivity contribution in [2.75, 3.05) is 37.8 Å². The van der Waals surface area contributed by atoms with Crippen molar-refractivity contribution in [3.63, 3.8) is 0 Å². The number of nitrogens with one attached hydrogen (secondary N) is 2. The van der Waals surface area contributed by atoms with Crippen LogP contribution in [0.25, 0.3) is 22.3 Å². The van der Waals surface area contributed by atoms with Crippen LogP contribution in [-0.2, 0) is 7.05 Å². The van der Waals surface area contributed by atoms with Gasteiger partial charge >= 0.3 is 0 Å². The lowest BCUT2D eigenvalue weighted by atomic mass is 9.89. The van der Waals surface area contributed by atoms with E-state index in [-0.39, 0.29) is 0 Å². The first-order valence-electron chi connectivity index (χ1n) is 11.0. The zero-order valence-corrected chi connectivity index (χ0v) is 18.7. The molecule has 0 spiro atoms. The Morgan fingerprint density at radius 2 is 1.88 bits per heavy atom. The van der Waals surface area contributed by atoms with Crippen molar-refractivity contribution in [2.24, 2.45) is 7.05 Å². The highest BCUT2D eigenvalue weighted by atomic mass is 15.1. The summed E-state index contributed by atoms with van der Waals surface area (Å²) in [7, 11) is 6.00. The fraction of sp³-hybridized carbons (Fsp3) is 0.333. The maximum atomic E-state index is 4.77. The molecule has 1 fully saturated rings. The lowest BCUT2D eigenvalue weighted by Gasteiger charge is -2.29. The molecule has 0 unspecified atom stereocenters. The van der Waals surface area contributed by atoms with E-state index in [0.717, 1.165) is 41.1 Å². The molecule has 0 atom stereocenters. The predicted octanol–water partition coefficient (Wildman–Crippen LogP) is 4.02. The molecule has 0 amide bonds. The summed E-state index contributed by atoms with van der Waals surface area (Å²) in [5.41, 5.74) is 5.82. The third-order valence-electron chi connectivity index (χ3n) is 6.25. The summed E-state index contributed by atoms with van der Waals surface area (Å²) in [5.74, 6) is 1.99. The van der Waals surface area contributed by atoms with Crippen LogP contribution in [0.15, 0.2) is 49.2 Å². The topological polar surface area (TPSA) is 83.8 Å². The van der Waals surface area contributed by atoms with Gasteiger partial charge in [0.05, 0.1) is 29.8 Å². The van der Waals surface area contributed by atoms with Crippen molar-refractivity contribution in [1.82, 2.24) is 29.4 Å². The van der Waals surface area contributed by atoms with Crippen LogP contribution in [-0.4, -0.2) is 56.6 Å². The van der Waals surface area contributed by atoms with Gasteiger partial charge in [0.15, 0.2) is 11.6 Å². The summed E-state index contributed by atoms with van der Waals surface area (Å²) in [6.45, 7) is 2.30. The number of fused-ring (bicyclic) bond motifs is 1. The number of hydrogen-bond donors (Lipinski definition) is 2. The van der Waals surface area contributed by atoms with E-state index in [1.807, 2.05) is 24.9 Å². The molecular formula is C24H28N8. The molecule has 4 aromatic rings. The SMILES string of the molecule is CNc1nc(Nc2cccc(C3CCN(C)CC3)c2)cnc1-c1cncc2c1ncn2C. The van der Waals surface area contributed by atoms with Gasteiger partial charge in [-0.15, -0.1) is 0 Å². The summed E-state index contributed by atoms with van der Waals surface area (Å²) in [6, 6.07) is 8.66. The van der Waals surface area contributed by atoms with Crippen molar-refractivity contribution in [2.45, 2.75) is 18.8 Å². The largest absolute Gasteiger partial charge is 0.371 e. The number of pyridine rings is 1. The van der Waals surface area contributed by atoms with Crippen LogP contribution in [0.4, 0.5) is 17.3 Å². The number of aryl methyl sites for hydroxylation is 1. The summed E-state index contributed by atoms with van der Waals surface area (Å²) < 4.78 is 1.95. The lowest BCUT2D eigenvalue weighted by Crippen LogP contribution is -2.29. The van der Waals surface area contributed by atoms with Crippen LogP contribution in [0.3, 0.4) is 0 Å². The minimum absolute atomic E-state index is 0.612. The quantitative estimate of drug-likeness (QED) is 0.497. The Morgan fingerprint density at radius 3 is 2.69 bits per heavy atom. The number of likely N-dealkylation sites (tertiary alicyclic amines) is 1.